The minimum absolute atomic E-state index is 0.611. The molecule has 1 aromatic heterocycles. The molecule has 2 unspecified atom stereocenters. The molecule has 5 rings (SSSR count). The van der Waals surface area contributed by atoms with Crippen LogP contribution in [0.5, 0.6) is 0 Å². The number of hydrogen-bond acceptors (Lipinski definition) is 2. The molecule has 0 saturated heterocycles. The molecule has 1 N–H and O–H groups in total. The van der Waals surface area contributed by atoms with Crippen LogP contribution in [0.2, 0.25) is 0 Å². The smallest absolute Gasteiger partial charge is 0.0299 e. The van der Waals surface area contributed by atoms with E-state index in [0.717, 1.165) is 12.5 Å². The van der Waals surface area contributed by atoms with Crippen molar-refractivity contribution in [3.8, 4) is 0 Å². The maximum absolute atomic E-state index is 3.79. The van der Waals surface area contributed by atoms with Crippen molar-refractivity contribution in [2.24, 2.45) is 22.2 Å². The Labute approximate surface area is 127 Å². The molecule has 4 aliphatic rings. The third-order valence-electron chi connectivity index (χ3n) is 6.12. The largest absolute Gasteiger partial charge is 0.311 e. The first-order chi connectivity index (χ1) is 9.49. The van der Waals surface area contributed by atoms with Crippen LogP contribution in [0.4, 0.5) is 0 Å². The van der Waals surface area contributed by atoms with E-state index in [-0.39, 0.29) is 0 Å². The van der Waals surface area contributed by atoms with Crippen molar-refractivity contribution in [1.82, 2.24) is 5.32 Å². The third-order valence-corrected chi connectivity index (χ3v) is 7.00. The highest BCUT2D eigenvalue weighted by atomic mass is 32.1. The third kappa shape index (κ3) is 2.25. The maximum Gasteiger partial charge on any atom is 0.0299 e. The molecule has 110 valence electrons. The zero-order valence-electron chi connectivity index (χ0n) is 12.9. The summed E-state index contributed by atoms with van der Waals surface area (Å²) in [4.78, 5) is 1.48. The summed E-state index contributed by atoms with van der Waals surface area (Å²) in [7, 11) is 0. The van der Waals surface area contributed by atoms with Gasteiger partial charge >= 0.3 is 0 Å². The van der Waals surface area contributed by atoms with E-state index in [2.05, 4.69) is 36.7 Å². The maximum atomic E-state index is 3.79. The number of hydrogen-bond donors (Lipinski definition) is 1. The van der Waals surface area contributed by atoms with Gasteiger partial charge in [0.25, 0.3) is 0 Å². The molecule has 0 radical (unpaired) electrons. The molecule has 0 amide bonds. The minimum Gasteiger partial charge on any atom is -0.311 e. The van der Waals surface area contributed by atoms with Gasteiger partial charge in [0.1, 0.15) is 0 Å². The average Bonchev–Trinajstić information content (AvgIpc) is 2.76. The van der Waals surface area contributed by atoms with Crippen LogP contribution < -0.4 is 5.32 Å². The Balaban J connectivity index is 1.47. The molecule has 1 aromatic rings. The lowest BCUT2D eigenvalue weighted by atomic mass is 9.40. The lowest BCUT2D eigenvalue weighted by Crippen LogP contribution is -2.57. The highest BCUT2D eigenvalue weighted by Gasteiger charge is 2.59. The van der Waals surface area contributed by atoms with Gasteiger partial charge in [-0.1, -0.05) is 19.9 Å². The van der Waals surface area contributed by atoms with Crippen LogP contribution in [0.15, 0.2) is 17.5 Å². The summed E-state index contributed by atoms with van der Waals surface area (Å²) in [6, 6.07) is 4.41. The SMILES string of the molecule is CC12CC3CC(C)(C1)CC(CNCc1cccs1)(C3)C2. The monoisotopic (exact) mass is 289 g/mol. The van der Waals surface area contributed by atoms with Crippen LogP contribution in [0, 0.1) is 22.2 Å². The molecule has 1 heterocycles. The van der Waals surface area contributed by atoms with Crippen LogP contribution in [0.3, 0.4) is 0 Å². The first kappa shape index (κ1) is 13.3. The Morgan fingerprint density at radius 2 is 1.90 bits per heavy atom. The van der Waals surface area contributed by atoms with Crippen molar-refractivity contribution in [3.05, 3.63) is 22.4 Å². The van der Waals surface area contributed by atoms with Crippen molar-refractivity contribution in [1.29, 1.82) is 0 Å². The van der Waals surface area contributed by atoms with Gasteiger partial charge in [-0.2, -0.15) is 0 Å². The summed E-state index contributed by atoms with van der Waals surface area (Å²) in [6.07, 6.45) is 8.95. The van der Waals surface area contributed by atoms with Gasteiger partial charge in [0.2, 0.25) is 0 Å². The van der Waals surface area contributed by atoms with Crippen molar-refractivity contribution in [3.63, 3.8) is 0 Å². The van der Waals surface area contributed by atoms with Crippen molar-refractivity contribution in [2.45, 2.75) is 58.9 Å². The number of nitrogens with one attached hydrogen (secondary N) is 1. The van der Waals surface area contributed by atoms with Gasteiger partial charge in [-0.3, -0.25) is 0 Å². The van der Waals surface area contributed by atoms with E-state index in [4.69, 9.17) is 0 Å². The van der Waals surface area contributed by atoms with E-state index < -0.39 is 0 Å². The Morgan fingerprint density at radius 1 is 1.15 bits per heavy atom. The van der Waals surface area contributed by atoms with E-state index in [9.17, 15) is 0 Å². The quantitative estimate of drug-likeness (QED) is 0.836. The Hall–Kier alpha value is -0.340. The van der Waals surface area contributed by atoms with Crippen LogP contribution in [0.1, 0.15) is 57.2 Å². The van der Waals surface area contributed by atoms with Crippen molar-refractivity contribution >= 4 is 11.3 Å². The second kappa shape index (κ2) is 4.33. The molecule has 0 aromatic carbocycles. The van der Waals surface area contributed by atoms with Crippen LogP contribution in [-0.2, 0) is 6.54 Å². The summed E-state index contributed by atoms with van der Waals surface area (Å²) in [5.41, 5.74) is 1.91. The molecule has 1 nitrogen and oxygen atoms in total. The van der Waals surface area contributed by atoms with E-state index >= 15 is 0 Å². The molecule has 4 saturated carbocycles. The van der Waals surface area contributed by atoms with Gasteiger partial charge in [-0.25, -0.2) is 0 Å². The van der Waals surface area contributed by atoms with Crippen molar-refractivity contribution in [2.75, 3.05) is 6.54 Å². The van der Waals surface area contributed by atoms with E-state index in [1.807, 2.05) is 11.3 Å². The Bertz CT molecular complexity index is 474. The molecule has 0 aliphatic heterocycles. The summed E-state index contributed by atoms with van der Waals surface area (Å²) in [5.74, 6) is 1.02. The molecule has 4 aliphatic carbocycles. The van der Waals surface area contributed by atoms with Gasteiger partial charge in [0.05, 0.1) is 0 Å². The molecular weight excluding hydrogens is 262 g/mol. The topological polar surface area (TPSA) is 12.0 Å². The predicted molar refractivity (Wildman–Crippen MR) is 85.9 cm³/mol. The van der Waals surface area contributed by atoms with Crippen LogP contribution >= 0.6 is 11.3 Å². The summed E-state index contributed by atoms with van der Waals surface area (Å²) < 4.78 is 0. The molecular formula is C18H27NS. The molecule has 4 fully saturated rings. The van der Waals surface area contributed by atoms with Gasteiger partial charge in [0.15, 0.2) is 0 Å². The summed E-state index contributed by atoms with van der Waals surface area (Å²) >= 11 is 1.88. The van der Waals surface area contributed by atoms with E-state index in [0.29, 0.717) is 16.2 Å². The van der Waals surface area contributed by atoms with Gasteiger partial charge < -0.3 is 5.32 Å². The zero-order chi connectivity index (χ0) is 13.8. The number of thiophene rings is 1. The highest BCUT2D eigenvalue weighted by Crippen LogP contribution is 2.69. The summed E-state index contributed by atoms with van der Waals surface area (Å²) in [6.45, 7) is 7.46. The standard InChI is InChI=1S/C18H27NS/c1-16-6-14-7-17(2,10-16)12-18(8-14,11-16)13-19-9-15-4-3-5-20-15/h3-5,14,19H,6-13H2,1-2H3. The lowest BCUT2D eigenvalue weighted by Gasteiger charge is -2.65. The van der Waals surface area contributed by atoms with Crippen LogP contribution in [0.25, 0.3) is 0 Å². The van der Waals surface area contributed by atoms with Crippen molar-refractivity contribution < 1.29 is 0 Å². The lowest BCUT2D eigenvalue weighted by molar-refractivity contribution is -0.143. The predicted octanol–water partition coefficient (Wildman–Crippen LogP) is 4.83. The number of rotatable bonds is 4. The zero-order valence-corrected chi connectivity index (χ0v) is 13.7. The molecule has 20 heavy (non-hydrogen) atoms. The highest BCUT2D eigenvalue weighted by molar-refractivity contribution is 7.09. The first-order valence-electron chi connectivity index (χ1n) is 8.22. The minimum atomic E-state index is 0.611. The normalized spacial score (nSPS) is 46.0. The Morgan fingerprint density at radius 3 is 2.50 bits per heavy atom. The fraction of sp³-hybridized carbons (Fsp3) is 0.778. The van der Waals surface area contributed by atoms with Crippen LogP contribution in [-0.4, -0.2) is 6.54 Å². The molecule has 2 atom stereocenters. The second-order valence-corrected chi connectivity index (χ2v) is 9.85. The molecule has 4 bridgehead atoms. The van der Waals surface area contributed by atoms with Gasteiger partial charge in [-0.05, 0) is 72.1 Å². The molecule has 0 spiro atoms. The van der Waals surface area contributed by atoms with E-state index in [1.165, 1.54) is 49.9 Å². The first-order valence-corrected chi connectivity index (χ1v) is 9.10. The average molecular weight is 289 g/mol. The van der Waals surface area contributed by atoms with E-state index in [1.54, 1.807) is 0 Å². The fourth-order valence-corrected chi connectivity index (χ4v) is 7.42. The second-order valence-electron chi connectivity index (χ2n) is 8.81. The fourth-order valence-electron chi connectivity index (χ4n) is 6.75. The molecule has 2 heteroatoms. The Kier molecular flexibility index (Phi) is 2.89. The van der Waals surface area contributed by atoms with Gasteiger partial charge in [-0.15, -0.1) is 11.3 Å². The van der Waals surface area contributed by atoms with Gasteiger partial charge in [0, 0.05) is 18.0 Å². The summed E-state index contributed by atoms with van der Waals surface area (Å²) in [5, 5.41) is 5.97.